The summed E-state index contributed by atoms with van der Waals surface area (Å²) in [6, 6.07) is 13.9. The summed E-state index contributed by atoms with van der Waals surface area (Å²) in [5.41, 5.74) is 2.40. The van der Waals surface area contributed by atoms with Crippen molar-refractivity contribution in [3.63, 3.8) is 0 Å². The number of aryl methyl sites for hydroxylation is 2. The van der Waals surface area contributed by atoms with Gasteiger partial charge in [0.25, 0.3) is 11.7 Å². The third-order valence-electron chi connectivity index (χ3n) is 5.75. The highest BCUT2D eigenvalue weighted by molar-refractivity contribution is 6.46. The van der Waals surface area contributed by atoms with Crippen LogP contribution in [0.1, 0.15) is 36.1 Å². The summed E-state index contributed by atoms with van der Waals surface area (Å²) in [6.45, 7) is 5.43. The Morgan fingerprint density at radius 3 is 2.42 bits per heavy atom. The van der Waals surface area contributed by atoms with Crippen LogP contribution in [0.15, 0.2) is 72.8 Å². The lowest BCUT2D eigenvalue weighted by atomic mass is 9.95. The molecule has 7 heteroatoms. The Morgan fingerprint density at radius 2 is 1.79 bits per heavy atom. The molecule has 4 rings (SSSR count). The maximum Gasteiger partial charge on any atom is 0.295 e. The Morgan fingerprint density at radius 1 is 1.06 bits per heavy atom. The summed E-state index contributed by atoms with van der Waals surface area (Å²) in [5, 5.41) is 11.1. The zero-order valence-corrected chi connectivity index (χ0v) is 18.8. The number of Topliss-reactive ketones (excluding diaryl/α,β-unsaturated/α-hetero) is 1. The lowest BCUT2D eigenvalue weighted by Gasteiger charge is -2.25. The molecule has 0 spiro atoms. The normalized spacial score (nSPS) is 17.5. The van der Waals surface area contributed by atoms with E-state index in [0.717, 1.165) is 11.1 Å². The van der Waals surface area contributed by atoms with Crippen LogP contribution in [-0.2, 0) is 16.1 Å². The van der Waals surface area contributed by atoms with Crippen LogP contribution in [0.3, 0.4) is 0 Å². The second kappa shape index (κ2) is 9.73. The molecule has 3 aromatic rings. The SMILES string of the molecule is CCOc1ccc([C@@H]2/C(=C(\O)c3ccc(C)cc3)C(=O)C(=O)N2CCCn2ccnc2)cc1. The Bertz CT molecular complexity index is 1150. The molecule has 33 heavy (non-hydrogen) atoms. The summed E-state index contributed by atoms with van der Waals surface area (Å²) in [5.74, 6) is -0.732. The number of amides is 1. The third kappa shape index (κ3) is 4.67. The van der Waals surface area contributed by atoms with Crippen molar-refractivity contribution in [1.82, 2.24) is 14.5 Å². The largest absolute Gasteiger partial charge is 0.507 e. The first-order valence-corrected chi connectivity index (χ1v) is 11.0. The quantitative estimate of drug-likeness (QED) is 0.321. The van der Waals surface area contributed by atoms with Gasteiger partial charge in [0.05, 0.1) is 24.5 Å². The molecule has 0 radical (unpaired) electrons. The molecule has 1 aliphatic rings. The van der Waals surface area contributed by atoms with E-state index in [-0.39, 0.29) is 11.3 Å². The molecule has 0 bridgehead atoms. The molecular formula is C26H27N3O4. The number of aromatic nitrogens is 2. The smallest absolute Gasteiger partial charge is 0.295 e. The molecule has 1 N–H and O–H groups in total. The van der Waals surface area contributed by atoms with Crippen molar-refractivity contribution >= 4 is 17.4 Å². The average Bonchev–Trinajstić information content (AvgIpc) is 3.42. The number of ketones is 1. The Kier molecular flexibility index (Phi) is 6.58. The third-order valence-corrected chi connectivity index (χ3v) is 5.75. The van der Waals surface area contributed by atoms with Crippen molar-refractivity contribution in [1.29, 1.82) is 0 Å². The fraction of sp³-hybridized carbons (Fsp3) is 0.269. The molecule has 0 aliphatic carbocycles. The topological polar surface area (TPSA) is 84.7 Å². The molecule has 7 nitrogen and oxygen atoms in total. The van der Waals surface area contributed by atoms with Gasteiger partial charge in [-0.2, -0.15) is 0 Å². The summed E-state index contributed by atoms with van der Waals surface area (Å²) >= 11 is 0. The predicted molar refractivity (Wildman–Crippen MR) is 125 cm³/mol. The Balaban J connectivity index is 1.71. The van der Waals surface area contributed by atoms with Crippen LogP contribution in [0.2, 0.25) is 0 Å². The van der Waals surface area contributed by atoms with Crippen LogP contribution in [0.25, 0.3) is 5.76 Å². The van der Waals surface area contributed by atoms with Crippen molar-refractivity contribution in [3.8, 4) is 5.75 Å². The number of imidazole rings is 1. The number of ether oxygens (including phenoxy) is 1. The molecule has 1 aliphatic heterocycles. The molecule has 2 heterocycles. The average molecular weight is 446 g/mol. The molecule has 0 saturated carbocycles. The van der Waals surface area contributed by atoms with Crippen LogP contribution >= 0.6 is 0 Å². The van der Waals surface area contributed by atoms with Crippen LogP contribution in [0.5, 0.6) is 5.75 Å². The molecule has 1 fully saturated rings. The van der Waals surface area contributed by atoms with Gasteiger partial charge in [-0.1, -0.05) is 42.0 Å². The van der Waals surface area contributed by atoms with Crippen LogP contribution < -0.4 is 4.74 Å². The molecule has 170 valence electrons. The molecule has 2 aromatic carbocycles. The Labute approximate surface area is 192 Å². The number of nitrogens with zero attached hydrogens (tertiary/aromatic N) is 3. The van der Waals surface area contributed by atoms with Gasteiger partial charge in [-0.05, 0) is 38.0 Å². The van der Waals surface area contributed by atoms with Gasteiger partial charge in [0.1, 0.15) is 11.5 Å². The monoisotopic (exact) mass is 445 g/mol. The van der Waals surface area contributed by atoms with Gasteiger partial charge in [-0.15, -0.1) is 0 Å². The summed E-state index contributed by atoms with van der Waals surface area (Å²) < 4.78 is 7.46. The summed E-state index contributed by atoms with van der Waals surface area (Å²) in [7, 11) is 0. The fourth-order valence-corrected chi connectivity index (χ4v) is 4.08. The number of rotatable bonds is 8. The molecule has 1 amide bonds. The molecule has 1 atom stereocenters. The van der Waals surface area contributed by atoms with Crippen LogP contribution in [0.4, 0.5) is 0 Å². The molecular weight excluding hydrogens is 418 g/mol. The van der Waals surface area contributed by atoms with Crippen molar-refractivity contribution in [3.05, 3.63) is 89.5 Å². The van der Waals surface area contributed by atoms with Crippen LogP contribution in [0, 0.1) is 6.92 Å². The molecule has 0 unspecified atom stereocenters. The predicted octanol–water partition coefficient (Wildman–Crippen LogP) is 4.10. The number of hydrogen-bond acceptors (Lipinski definition) is 5. The highest BCUT2D eigenvalue weighted by atomic mass is 16.5. The lowest BCUT2D eigenvalue weighted by Crippen LogP contribution is -2.31. The first kappa shape index (κ1) is 22.3. The Hall–Kier alpha value is -3.87. The minimum absolute atomic E-state index is 0.107. The van der Waals surface area contributed by atoms with Gasteiger partial charge >= 0.3 is 0 Å². The summed E-state index contributed by atoms with van der Waals surface area (Å²) in [4.78, 5) is 31.7. The van der Waals surface area contributed by atoms with Crippen molar-refractivity contribution in [2.24, 2.45) is 0 Å². The number of carbonyl (C=O) groups excluding carboxylic acids is 2. The van der Waals surface area contributed by atoms with E-state index >= 15 is 0 Å². The number of aliphatic hydroxyl groups is 1. The van der Waals surface area contributed by atoms with Gasteiger partial charge in [0, 0.05) is 31.0 Å². The van der Waals surface area contributed by atoms with E-state index in [2.05, 4.69) is 4.98 Å². The number of carbonyl (C=O) groups is 2. The second-order valence-electron chi connectivity index (χ2n) is 8.01. The first-order valence-electron chi connectivity index (χ1n) is 11.0. The van der Waals surface area contributed by atoms with Crippen molar-refractivity contribution in [2.45, 2.75) is 32.9 Å². The highest BCUT2D eigenvalue weighted by Gasteiger charge is 2.45. The highest BCUT2D eigenvalue weighted by Crippen LogP contribution is 2.40. The zero-order valence-electron chi connectivity index (χ0n) is 18.8. The van der Waals surface area contributed by atoms with Gasteiger partial charge < -0.3 is 19.3 Å². The van der Waals surface area contributed by atoms with E-state index in [1.54, 1.807) is 29.6 Å². The molecule has 1 saturated heterocycles. The van der Waals surface area contributed by atoms with E-state index in [0.29, 0.717) is 37.4 Å². The second-order valence-corrected chi connectivity index (χ2v) is 8.01. The molecule has 1 aromatic heterocycles. The van der Waals surface area contributed by atoms with E-state index < -0.39 is 17.7 Å². The van der Waals surface area contributed by atoms with Gasteiger partial charge in [-0.25, -0.2) is 4.98 Å². The number of hydrogen-bond donors (Lipinski definition) is 1. The minimum atomic E-state index is -0.676. The minimum Gasteiger partial charge on any atom is -0.507 e. The van der Waals surface area contributed by atoms with Crippen LogP contribution in [-0.4, -0.2) is 44.4 Å². The van der Waals surface area contributed by atoms with Crippen molar-refractivity contribution < 1.29 is 19.4 Å². The maximum absolute atomic E-state index is 13.1. The number of likely N-dealkylation sites (tertiary alicyclic amines) is 1. The number of benzene rings is 2. The van der Waals surface area contributed by atoms with Crippen molar-refractivity contribution in [2.75, 3.05) is 13.2 Å². The zero-order chi connectivity index (χ0) is 23.4. The van der Waals surface area contributed by atoms with Gasteiger partial charge in [-0.3, -0.25) is 9.59 Å². The maximum atomic E-state index is 13.1. The first-order chi connectivity index (χ1) is 16.0. The summed E-state index contributed by atoms with van der Waals surface area (Å²) in [6.07, 6.45) is 5.92. The standard InChI is InChI=1S/C26H27N3O4/c1-3-33-21-11-9-19(10-12-21)23-22(24(30)20-7-5-18(2)6-8-20)25(31)26(32)29(23)15-4-14-28-16-13-27-17-28/h5-13,16-17,23,30H,3-4,14-15H2,1-2H3/b24-22+/t23-/m1/s1. The van der Waals surface area contributed by atoms with Gasteiger partial charge in [0.15, 0.2) is 0 Å². The lowest BCUT2D eigenvalue weighted by molar-refractivity contribution is -0.139. The van der Waals surface area contributed by atoms with Gasteiger partial charge in [0.2, 0.25) is 0 Å². The van der Waals surface area contributed by atoms with E-state index in [1.807, 2.05) is 61.0 Å². The number of aliphatic hydroxyl groups excluding tert-OH is 1. The van der Waals surface area contributed by atoms with E-state index in [1.165, 1.54) is 0 Å². The fourth-order valence-electron chi connectivity index (χ4n) is 4.08. The van der Waals surface area contributed by atoms with E-state index in [4.69, 9.17) is 4.74 Å². The van der Waals surface area contributed by atoms with E-state index in [9.17, 15) is 14.7 Å².